The minimum atomic E-state index is -0.314. The van der Waals surface area contributed by atoms with Gasteiger partial charge >= 0.3 is 6.03 Å². The summed E-state index contributed by atoms with van der Waals surface area (Å²) in [6, 6.07) is -0.314. The van der Waals surface area contributed by atoms with Crippen LogP contribution >= 0.6 is 0 Å². The fourth-order valence-corrected chi connectivity index (χ4v) is 1.51. The molecule has 1 aliphatic heterocycles. The van der Waals surface area contributed by atoms with Crippen molar-refractivity contribution in [2.24, 2.45) is 0 Å². The van der Waals surface area contributed by atoms with E-state index in [1.807, 2.05) is 0 Å². The van der Waals surface area contributed by atoms with E-state index in [1.165, 1.54) is 16.1 Å². The molecular weight excluding hydrogens is 222 g/mol. The zero-order chi connectivity index (χ0) is 12.4. The minimum Gasteiger partial charge on any atom is -0.347 e. The molecule has 1 aliphatic rings. The molecule has 3 amide bonds. The van der Waals surface area contributed by atoms with Crippen LogP contribution in [0.3, 0.4) is 0 Å². The molecule has 0 spiro atoms. The number of carbonyl (C=O) groups excluding carboxylic acids is 2. The Morgan fingerprint density at radius 3 is 3.06 bits per heavy atom. The summed E-state index contributed by atoms with van der Waals surface area (Å²) < 4.78 is 0. The summed E-state index contributed by atoms with van der Waals surface area (Å²) in [5.74, 6) is 0.338. The van der Waals surface area contributed by atoms with Gasteiger partial charge in [0.05, 0.1) is 0 Å². The molecule has 1 aromatic heterocycles. The van der Waals surface area contributed by atoms with Gasteiger partial charge in [0.25, 0.3) is 0 Å². The molecule has 2 heterocycles. The fourth-order valence-electron chi connectivity index (χ4n) is 1.51. The zero-order valence-electron chi connectivity index (χ0n) is 9.67. The summed E-state index contributed by atoms with van der Waals surface area (Å²) in [5.41, 5.74) is 0.804. The third-order valence-corrected chi connectivity index (χ3v) is 2.49. The van der Waals surface area contributed by atoms with Gasteiger partial charge in [0.15, 0.2) is 0 Å². The summed E-state index contributed by atoms with van der Waals surface area (Å²) >= 11 is 0. The molecular formula is C10H13N5O2. The molecule has 0 saturated carbocycles. The lowest BCUT2D eigenvalue weighted by molar-refractivity contribution is -0.127. The predicted octanol–water partition coefficient (Wildman–Crippen LogP) is -0.406. The van der Waals surface area contributed by atoms with Crippen LogP contribution < -0.4 is 10.2 Å². The number of anilines is 1. The van der Waals surface area contributed by atoms with Crippen molar-refractivity contribution in [3.05, 3.63) is 18.1 Å². The standard InChI is InChI=1S/C10H13N5O2/c1-14(2)8(16)5-15-9-7(3-11-6-13-9)4-12-10(15)17/h3,6H,4-5H2,1-2H3,(H,12,17). The maximum atomic E-state index is 11.7. The molecule has 0 radical (unpaired) electrons. The summed E-state index contributed by atoms with van der Waals surface area (Å²) in [4.78, 5) is 34.0. The van der Waals surface area contributed by atoms with Crippen molar-refractivity contribution in [1.82, 2.24) is 20.2 Å². The van der Waals surface area contributed by atoms with Crippen LogP contribution in [0, 0.1) is 0 Å². The zero-order valence-corrected chi connectivity index (χ0v) is 9.67. The third-order valence-electron chi connectivity index (χ3n) is 2.49. The highest BCUT2D eigenvalue weighted by atomic mass is 16.2. The van der Waals surface area contributed by atoms with Crippen molar-refractivity contribution >= 4 is 17.8 Å². The Morgan fingerprint density at radius 1 is 1.59 bits per heavy atom. The number of hydrogen-bond acceptors (Lipinski definition) is 4. The van der Waals surface area contributed by atoms with E-state index in [0.717, 1.165) is 5.56 Å². The first-order chi connectivity index (χ1) is 8.09. The van der Waals surface area contributed by atoms with E-state index in [4.69, 9.17) is 0 Å². The first kappa shape index (κ1) is 11.3. The van der Waals surface area contributed by atoms with Gasteiger partial charge < -0.3 is 10.2 Å². The number of nitrogens with one attached hydrogen (secondary N) is 1. The Labute approximate surface area is 98.4 Å². The molecule has 0 aliphatic carbocycles. The summed E-state index contributed by atoms with van der Waals surface area (Å²) in [5, 5.41) is 2.67. The van der Waals surface area contributed by atoms with Gasteiger partial charge in [-0.3, -0.25) is 9.69 Å². The minimum absolute atomic E-state index is 0.0250. The molecule has 7 heteroatoms. The van der Waals surface area contributed by atoms with E-state index in [9.17, 15) is 9.59 Å². The van der Waals surface area contributed by atoms with E-state index >= 15 is 0 Å². The van der Waals surface area contributed by atoms with Gasteiger partial charge in [-0.25, -0.2) is 14.8 Å². The number of nitrogens with zero attached hydrogens (tertiary/aromatic N) is 4. The van der Waals surface area contributed by atoms with Crippen LogP contribution in [0.1, 0.15) is 5.56 Å². The van der Waals surface area contributed by atoms with Crippen molar-refractivity contribution in [3.63, 3.8) is 0 Å². The molecule has 2 rings (SSSR count). The quantitative estimate of drug-likeness (QED) is 0.756. The number of carbonyl (C=O) groups is 2. The number of amides is 3. The van der Waals surface area contributed by atoms with E-state index in [1.54, 1.807) is 20.3 Å². The average Bonchev–Trinajstić information content (AvgIpc) is 2.32. The van der Waals surface area contributed by atoms with Crippen molar-refractivity contribution < 1.29 is 9.59 Å². The van der Waals surface area contributed by atoms with Gasteiger partial charge in [-0.05, 0) is 0 Å². The monoisotopic (exact) mass is 235 g/mol. The summed E-state index contributed by atoms with van der Waals surface area (Å²) in [6.07, 6.45) is 3.00. The van der Waals surface area contributed by atoms with Crippen molar-refractivity contribution in [2.45, 2.75) is 6.54 Å². The Bertz CT molecular complexity index is 460. The van der Waals surface area contributed by atoms with Crippen LogP contribution in [0.25, 0.3) is 0 Å². The second-order valence-corrected chi connectivity index (χ2v) is 3.90. The van der Waals surface area contributed by atoms with Gasteiger partial charge in [0.2, 0.25) is 5.91 Å². The van der Waals surface area contributed by atoms with Crippen LogP contribution in [0.4, 0.5) is 10.6 Å². The Balaban J connectivity index is 2.27. The van der Waals surface area contributed by atoms with Crippen molar-refractivity contribution in [3.8, 4) is 0 Å². The number of urea groups is 1. The maximum Gasteiger partial charge on any atom is 0.323 e. The molecule has 0 aromatic carbocycles. The average molecular weight is 235 g/mol. The Morgan fingerprint density at radius 2 is 2.35 bits per heavy atom. The molecule has 0 saturated heterocycles. The first-order valence-electron chi connectivity index (χ1n) is 5.14. The van der Waals surface area contributed by atoms with Gasteiger partial charge in [-0.15, -0.1) is 0 Å². The SMILES string of the molecule is CN(C)C(=O)CN1C(=O)NCc2cncnc21. The molecule has 1 aromatic rings. The Kier molecular flexibility index (Phi) is 2.90. The van der Waals surface area contributed by atoms with Crippen molar-refractivity contribution in [2.75, 3.05) is 25.5 Å². The highest BCUT2D eigenvalue weighted by Gasteiger charge is 2.27. The van der Waals surface area contributed by atoms with Gasteiger partial charge in [-0.2, -0.15) is 0 Å². The van der Waals surface area contributed by atoms with Crippen LogP contribution in [0.15, 0.2) is 12.5 Å². The number of aromatic nitrogens is 2. The second kappa shape index (κ2) is 4.36. The van der Waals surface area contributed by atoms with E-state index in [2.05, 4.69) is 15.3 Å². The van der Waals surface area contributed by atoms with Crippen molar-refractivity contribution in [1.29, 1.82) is 0 Å². The molecule has 1 N–H and O–H groups in total. The van der Waals surface area contributed by atoms with Gasteiger partial charge in [-0.1, -0.05) is 0 Å². The second-order valence-electron chi connectivity index (χ2n) is 3.90. The van der Waals surface area contributed by atoms with Crippen LogP contribution in [-0.2, 0) is 11.3 Å². The number of hydrogen-bond donors (Lipinski definition) is 1. The molecule has 90 valence electrons. The molecule has 0 bridgehead atoms. The van der Waals surface area contributed by atoms with E-state index < -0.39 is 0 Å². The Hall–Kier alpha value is -2.18. The first-order valence-corrected chi connectivity index (χ1v) is 5.14. The molecule has 7 nitrogen and oxygen atoms in total. The van der Waals surface area contributed by atoms with Crippen LogP contribution in [0.5, 0.6) is 0 Å². The summed E-state index contributed by atoms with van der Waals surface area (Å²) in [7, 11) is 3.29. The lowest BCUT2D eigenvalue weighted by Crippen LogP contribution is -2.49. The highest BCUT2D eigenvalue weighted by molar-refractivity contribution is 5.98. The maximum absolute atomic E-state index is 11.7. The van der Waals surface area contributed by atoms with Crippen LogP contribution in [-0.4, -0.2) is 47.4 Å². The molecule has 0 unspecified atom stereocenters. The topological polar surface area (TPSA) is 78.4 Å². The van der Waals surface area contributed by atoms with E-state index in [0.29, 0.717) is 12.4 Å². The predicted molar refractivity (Wildman–Crippen MR) is 60.3 cm³/mol. The molecule has 0 atom stereocenters. The molecule has 0 fully saturated rings. The number of rotatable bonds is 2. The number of fused-ring (bicyclic) bond motifs is 1. The lowest BCUT2D eigenvalue weighted by Gasteiger charge is -2.28. The smallest absolute Gasteiger partial charge is 0.323 e. The largest absolute Gasteiger partial charge is 0.347 e. The van der Waals surface area contributed by atoms with Crippen LogP contribution in [0.2, 0.25) is 0 Å². The number of likely N-dealkylation sites (N-methyl/N-ethyl adjacent to an activating group) is 1. The molecule has 17 heavy (non-hydrogen) atoms. The van der Waals surface area contributed by atoms with Gasteiger partial charge in [0, 0.05) is 32.4 Å². The highest BCUT2D eigenvalue weighted by Crippen LogP contribution is 2.19. The lowest BCUT2D eigenvalue weighted by atomic mass is 10.2. The fraction of sp³-hybridized carbons (Fsp3) is 0.400. The summed E-state index contributed by atoms with van der Waals surface area (Å²) in [6.45, 7) is 0.366. The van der Waals surface area contributed by atoms with Gasteiger partial charge in [0.1, 0.15) is 18.7 Å². The normalized spacial score (nSPS) is 14.0. The third kappa shape index (κ3) is 2.17. The van der Waals surface area contributed by atoms with E-state index in [-0.39, 0.29) is 18.5 Å².